The number of piperidine rings is 2. The highest BCUT2D eigenvalue weighted by Gasteiger charge is 2.45. The van der Waals surface area contributed by atoms with Gasteiger partial charge in [0.25, 0.3) is 11.8 Å². The minimum atomic E-state index is -1.05. The van der Waals surface area contributed by atoms with Gasteiger partial charge in [-0.2, -0.15) is 0 Å². The lowest BCUT2D eigenvalue weighted by molar-refractivity contribution is -0.136. The van der Waals surface area contributed by atoms with E-state index in [1.54, 1.807) is 36.4 Å². The molecule has 4 aromatic rings. The Bertz CT molecular complexity index is 2360. The first kappa shape index (κ1) is 40.3. The van der Waals surface area contributed by atoms with E-state index in [1.807, 2.05) is 0 Å². The van der Waals surface area contributed by atoms with E-state index in [9.17, 15) is 33.2 Å². The number of rotatable bonds is 13. The average molecular weight is 829 g/mol. The molecule has 6 amide bonds. The van der Waals surface area contributed by atoms with Crippen LogP contribution in [0.5, 0.6) is 5.75 Å². The number of imide groups is 2. The monoisotopic (exact) mass is 828 g/mol. The van der Waals surface area contributed by atoms with Gasteiger partial charge in [-0.05, 0) is 55.7 Å². The summed E-state index contributed by atoms with van der Waals surface area (Å²) in [6.07, 6.45) is 6.37. The van der Waals surface area contributed by atoms with Gasteiger partial charge in [0.15, 0.2) is 0 Å². The molecule has 2 fully saturated rings. The third kappa shape index (κ3) is 8.96. The van der Waals surface area contributed by atoms with Crippen LogP contribution in [-0.4, -0.2) is 99.8 Å². The molecule has 0 bridgehead atoms. The number of aromatic nitrogens is 2. The van der Waals surface area contributed by atoms with E-state index in [-0.39, 0.29) is 53.3 Å². The molecule has 18 heteroatoms. The first-order valence-electron chi connectivity index (χ1n) is 18.5. The molecule has 3 aliphatic rings. The van der Waals surface area contributed by atoms with Crippen LogP contribution < -0.4 is 26.0 Å². The summed E-state index contributed by atoms with van der Waals surface area (Å²) in [4.78, 5) is 88.6. The minimum absolute atomic E-state index is 0.00736. The summed E-state index contributed by atoms with van der Waals surface area (Å²) < 4.78 is 19.2. The van der Waals surface area contributed by atoms with Gasteiger partial charge in [-0.1, -0.05) is 23.7 Å². The fraction of sp³-hybridized carbons (Fsp3) is 0.300. The van der Waals surface area contributed by atoms with Crippen LogP contribution in [0.3, 0.4) is 0 Å². The molecule has 1 atom stereocenters. The van der Waals surface area contributed by atoms with Crippen LogP contribution in [0.2, 0.25) is 5.02 Å². The molecule has 0 spiro atoms. The molecule has 4 heterocycles. The lowest BCUT2D eigenvalue weighted by Gasteiger charge is -2.31. The van der Waals surface area contributed by atoms with Crippen LogP contribution in [0.25, 0.3) is 10.9 Å². The summed E-state index contributed by atoms with van der Waals surface area (Å²) in [6.45, 7) is 1.97. The zero-order valence-electron chi connectivity index (χ0n) is 31.2. The topological polar surface area (TPSA) is 192 Å². The molecule has 1 aromatic heterocycles. The van der Waals surface area contributed by atoms with Crippen LogP contribution in [0, 0.1) is 5.82 Å². The average Bonchev–Trinajstić information content (AvgIpc) is 3.46. The Balaban J connectivity index is 0.859. The number of fused-ring (bicyclic) bond motifs is 2. The van der Waals surface area contributed by atoms with Crippen LogP contribution in [0.1, 0.15) is 52.8 Å². The number of ether oxygens (including phenoxy) is 1. The molecule has 300 valence electrons. The van der Waals surface area contributed by atoms with Crippen molar-refractivity contribution in [1.82, 2.24) is 30.4 Å². The number of amides is 6. The van der Waals surface area contributed by atoms with Crippen molar-refractivity contribution < 1.29 is 37.9 Å². The molecule has 3 aromatic carbocycles. The Morgan fingerprint density at radius 1 is 1.05 bits per heavy atom. The molecule has 58 heavy (non-hydrogen) atoms. The molecule has 1 unspecified atom stereocenters. The third-order valence-electron chi connectivity index (χ3n) is 10.00. The fourth-order valence-electron chi connectivity index (χ4n) is 7.06. The van der Waals surface area contributed by atoms with Gasteiger partial charge in [0.05, 0.1) is 34.5 Å². The smallest absolute Gasteiger partial charge is 0.263 e. The lowest BCUT2D eigenvalue weighted by atomic mass is 10.0. The standard InChI is InChI=1S/C40H38ClFN8O7S/c1-57-31-20-28-25(37(44-21-43-28)46-23-7-8-27(42)26(41)18-23)19-29(31)47-33(51)6-3-14-49-15-11-22(12-16-49)45-35(53)13-17-58-32-5-2-4-24-36(32)40(56)50(39(24)55)30-9-10-34(52)48-38(30)54/h2-8,18-22,30H,9-17H2,1H3,(H,45,53)(H,47,51)(H,43,44,46)(H,48,52,54)/b6-3+. The van der Waals surface area contributed by atoms with Crippen molar-refractivity contribution >= 4 is 86.9 Å². The summed E-state index contributed by atoms with van der Waals surface area (Å²) in [5.41, 5.74) is 1.89. The van der Waals surface area contributed by atoms with Crippen LogP contribution in [0.15, 0.2) is 71.9 Å². The highest BCUT2D eigenvalue weighted by Crippen LogP contribution is 2.36. The maximum atomic E-state index is 13.7. The molecule has 0 saturated carbocycles. The second-order valence-corrected chi connectivity index (χ2v) is 15.3. The van der Waals surface area contributed by atoms with E-state index in [0.29, 0.717) is 51.0 Å². The van der Waals surface area contributed by atoms with Gasteiger partial charge in [-0.15, -0.1) is 11.8 Å². The van der Waals surface area contributed by atoms with Crippen molar-refractivity contribution in [3.8, 4) is 5.75 Å². The van der Waals surface area contributed by atoms with Crippen molar-refractivity contribution in [2.75, 3.05) is 43.1 Å². The van der Waals surface area contributed by atoms with Gasteiger partial charge < -0.3 is 20.7 Å². The number of nitrogens with zero attached hydrogens (tertiary/aromatic N) is 4. The van der Waals surface area contributed by atoms with Crippen LogP contribution in [-0.2, 0) is 19.2 Å². The summed E-state index contributed by atoms with van der Waals surface area (Å²) >= 11 is 7.24. The molecule has 0 aliphatic carbocycles. The second-order valence-electron chi connectivity index (χ2n) is 13.8. The van der Waals surface area contributed by atoms with Crippen molar-refractivity contribution in [1.29, 1.82) is 0 Å². The number of benzene rings is 3. The number of anilines is 3. The maximum absolute atomic E-state index is 13.7. The Hall–Kier alpha value is -5.91. The van der Waals surface area contributed by atoms with E-state index in [0.717, 1.165) is 30.8 Å². The summed E-state index contributed by atoms with van der Waals surface area (Å²) in [5, 5.41) is 11.8. The van der Waals surface area contributed by atoms with E-state index in [4.69, 9.17) is 16.3 Å². The zero-order valence-corrected chi connectivity index (χ0v) is 32.8. The number of likely N-dealkylation sites (tertiary alicyclic amines) is 1. The number of carbonyl (C=O) groups excluding carboxylic acids is 6. The van der Waals surface area contributed by atoms with Gasteiger partial charge in [-0.25, -0.2) is 14.4 Å². The minimum Gasteiger partial charge on any atom is -0.494 e. The predicted octanol–water partition coefficient (Wildman–Crippen LogP) is 4.83. The molecular formula is C40H38ClFN8O7S. The van der Waals surface area contributed by atoms with Gasteiger partial charge in [0.1, 0.15) is 29.8 Å². The van der Waals surface area contributed by atoms with Crippen LogP contribution in [0.4, 0.5) is 21.6 Å². The number of carbonyl (C=O) groups is 6. The summed E-state index contributed by atoms with van der Waals surface area (Å²) in [5.74, 6) is -2.09. The number of hydrogen-bond acceptors (Lipinski definition) is 12. The zero-order chi connectivity index (χ0) is 40.9. The molecule has 4 N–H and O–H groups in total. The van der Waals surface area contributed by atoms with Crippen molar-refractivity contribution in [3.05, 3.63) is 89.0 Å². The molecule has 15 nitrogen and oxygen atoms in total. The number of hydrogen-bond donors (Lipinski definition) is 4. The Morgan fingerprint density at radius 3 is 2.62 bits per heavy atom. The SMILES string of the molecule is COc1cc2ncnc(Nc3ccc(F)c(Cl)c3)c2cc1NC(=O)/C=C/CN1CCC(NC(=O)CCSc2cccc3c2C(=O)N(C2CCC(=O)NC2=O)C3=O)CC1. The summed E-state index contributed by atoms with van der Waals surface area (Å²) in [7, 11) is 1.49. The van der Waals surface area contributed by atoms with Crippen LogP contribution >= 0.6 is 23.4 Å². The Kier molecular flexibility index (Phi) is 12.3. The molecular weight excluding hydrogens is 791 g/mol. The largest absolute Gasteiger partial charge is 0.494 e. The molecule has 3 aliphatic heterocycles. The van der Waals surface area contributed by atoms with E-state index < -0.39 is 35.5 Å². The molecule has 2 saturated heterocycles. The first-order chi connectivity index (χ1) is 28.0. The number of nitrogens with one attached hydrogen (secondary N) is 4. The van der Waals surface area contributed by atoms with Crippen molar-refractivity contribution in [3.63, 3.8) is 0 Å². The normalized spacial score (nSPS) is 17.4. The highest BCUT2D eigenvalue weighted by molar-refractivity contribution is 7.99. The second kappa shape index (κ2) is 17.7. The van der Waals surface area contributed by atoms with Gasteiger partial charge in [0, 0.05) is 72.4 Å². The van der Waals surface area contributed by atoms with E-state index in [2.05, 4.69) is 36.1 Å². The Labute approximate surface area is 341 Å². The number of halogens is 2. The molecule has 0 radical (unpaired) electrons. The van der Waals surface area contributed by atoms with Gasteiger partial charge in [0.2, 0.25) is 23.6 Å². The van der Waals surface area contributed by atoms with Gasteiger partial charge in [-0.3, -0.25) is 43.9 Å². The predicted molar refractivity (Wildman–Crippen MR) is 215 cm³/mol. The van der Waals surface area contributed by atoms with E-state index >= 15 is 0 Å². The van der Waals surface area contributed by atoms with Crippen molar-refractivity contribution in [2.45, 2.75) is 49.1 Å². The Morgan fingerprint density at radius 2 is 1.86 bits per heavy atom. The highest BCUT2D eigenvalue weighted by atomic mass is 35.5. The molecule has 7 rings (SSSR count). The van der Waals surface area contributed by atoms with E-state index in [1.165, 1.54) is 49.5 Å². The van der Waals surface area contributed by atoms with Crippen molar-refractivity contribution in [2.24, 2.45) is 0 Å². The van der Waals surface area contributed by atoms with Gasteiger partial charge >= 0.3 is 0 Å². The quantitative estimate of drug-likeness (QED) is 0.0817. The summed E-state index contributed by atoms with van der Waals surface area (Å²) in [6, 6.07) is 11.5. The number of thioether (sulfide) groups is 1. The first-order valence-corrected chi connectivity index (χ1v) is 19.9. The number of methoxy groups -OCH3 is 1. The maximum Gasteiger partial charge on any atom is 0.263 e. The lowest BCUT2D eigenvalue weighted by Crippen LogP contribution is -2.54. The fourth-order valence-corrected chi connectivity index (χ4v) is 8.27. The third-order valence-corrected chi connectivity index (χ3v) is 11.3.